The summed E-state index contributed by atoms with van der Waals surface area (Å²) in [6.45, 7) is 3.63. The number of piperidine rings is 1. The van der Waals surface area contributed by atoms with Gasteiger partial charge in [0.05, 0.1) is 5.69 Å². The molecule has 1 aromatic carbocycles. The molecular formula is C13H13FN2O2. The molecule has 1 atom stereocenters. The van der Waals surface area contributed by atoms with Crippen LogP contribution < -0.4 is 10.6 Å². The Balaban J connectivity index is 2.07. The number of hydrogen-bond acceptors (Lipinski definition) is 2. The molecule has 2 N–H and O–H groups in total. The topological polar surface area (TPSA) is 58.2 Å². The maximum atomic E-state index is 13.3. The van der Waals surface area contributed by atoms with E-state index in [0.717, 1.165) is 0 Å². The Morgan fingerprint density at radius 1 is 1.44 bits per heavy atom. The van der Waals surface area contributed by atoms with Gasteiger partial charge in [-0.1, -0.05) is 18.7 Å². The smallest absolute Gasteiger partial charge is 0.237 e. The van der Waals surface area contributed by atoms with Gasteiger partial charge in [-0.05, 0) is 25.0 Å². The van der Waals surface area contributed by atoms with Gasteiger partial charge in [0.15, 0.2) is 0 Å². The van der Waals surface area contributed by atoms with Crippen LogP contribution >= 0.6 is 0 Å². The number of anilines is 1. The fourth-order valence-electron chi connectivity index (χ4n) is 1.81. The van der Waals surface area contributed by atoms with E-state index in [1.807, 2.05) is 0 Å². The van der Waals surface area contributed by atoms with Crippen LogP contribution in [0.3, 0.4) is 0 Å². The Hall–Kier alpha value is -2.17. The number of carbonyl (C=O) groups excluding carboxylic acids is 2. The predicted molar refractivity (Wildman–Crippen MR) is 65.0 cm³/mol. The first-order chi connectivity index (χ1) is 8.58. The van der Waals surface area contributed by atoms with Gasteiger partial charge in [0, 0.05) is 5.70 Å². The molecule has 0 aliphatic carbocycles. The zero-order valence-electron chi connectivity index (χ0n) is 9.70. The second kappa shape index (κ2) is 5.00. The largest absolute Gasteiger partial charge is 0.330 e. The summed E-state index contributed by atoms with van der Waals surface area (Å²) >= 11 is 0. The fraction of sp³-hybridized carbons (Fsp3) is 0.231. The summed E-state index contributed by atoms with van der Waals surface area (Å²) in [7, 11) is 0. The molecule has 94 valence electrons. The molecule has 0 radical (unpaired) electrons. The summed E-state index contributed by atoms with van der Waals surface area (Å²) < 4.78 is 13.3. The van der Waals surface area contributed by atoms with Crippen LogP contribution in [0.4, 0.5) is 10.1 Å². The second-order valence-corrected chi connectivity index (χ2v) is 4.15. The molecule has 2 rings (SSSR count). The lowest BCUT2D eigenvalue weighted by Crippen LogP contribution is -2.41. The average Bonchev–Trinajstić information content (AvgIpc) is 2.32. The third-order valence-electron chi connectivity index (χ3n) is 2.80. The molecule has 1 aliphatic heterocycles. The van der Waals surface area contributed by atoms with E-state index in [1.54, 1.807) is 6.07 Å². The van der Waals surface area contributed by atoms with Crippen molar-refractivity contribution < 1.29 is 14.0 Å². The van der Waals surface area contributed by atoms with Gasteiger partial charge >= 0.3 is 0 Å². The first-order valence-corrected chi connectivity index (χ1v) is 5.62. The number of rotatable bonds is 2. The minimum absolute atomic E-state index is 0.0831. The lowest BCUT2D eigenvalue weighted by molar-refractivity contribution is -0.133. The van der Waals surface area contributed by atoms with Crippen LogP contribution in [0.1, 0.15) is 12.8 Å². The Kier molecular flexibility index (Phi) is 3.41. The normalized spacial score (nSPS) is 19.3. The van der Waals surface area contributed by atoms with Crippen molar-refractivity contribution in [3.8, 4) is 0 Å². The van der Waals surface area contributed by atoms with Crippen molar-refractivity contribution in [3.05, 3.63) is 42.4 Å². The highest BCUT2D eigenvalue weighted by Gasteiger charge is 2.30. The van der Waals surface area contributed by atoms with Crippen LogP contribution in [0.5, 0.6) is 0 Å². The SMILES string of the molecule is C=C1CCC(C(=O)Nc2ccccc2F)C(=O)N1. The molecule has 0 aromatic heterocycles. The summed E-state index contributed by atoms with van der Waals surface area (Å²) in [5.41, 5.74) is 0.689. The quantitative estimate of drug-likeness (QED) is 0.784. The molecule has 0 spiro atoms. The molecule has 1 heterocycles. The van der Waals surface area contributed by atoms with E-state index in [9.17, 15) is 14.0 Å². The van der Waals surface area contributed by atoms with E-state index in [0.29, 0.717) is 18.5 Å². The predicted octanol–water partition coefficient (Wildman–Crippen LogP) is 1.80. The van der Waals surface area contributed by atoms with Crippen molar-refractivity contribution in [1.29, 1.82) is 0 Å². The van der Waals surface area contributed by atoms with Crippen molar-refractivity contribution >= 4 is 17.5 Å². The third-order valence-corrected chi connectivity index (χ3v) is 2.80. The van der Waals surface area contributed by atoms with E-state index in [-0.39, 0.29) is 11.6 Å². The van der Waals surface area contributed by atoms with Crippen molar-refractivity contribution in [2.45, 2.75) is 12.8 Å². The molecule has 1 fully saturated rings. The number of carbonyl (C=O) groups is 2. The van der Waals surface area contributed by atoms with Crippen LogP contribution in [0, 0.1) is 11.7 Å². The average molecular weight is 248 g/mol. The van der Waals surface area contributed by atoms with Gasteiger partial charge in [-0.2, -0.15) is 0 Å². The van der Waals surface area contributed by atoms with E-state index < -0.39 is 17.6 Å². The maximum absolute atomic E-state index is 13.3. The fourth-order valence-corrected chi connectivity index (χ4v) is 1.81. The standard InChI is InChI=1S/C13H13FN2O2/c1-8-6-7-9(12(17)15-8)13(18)16-11-5-3-2-4-10(11)14/h2-5,9H,1,6-7H2,(H,15,17)(H,16,18). The molecule has 2 amide bonds. The van der Waals surface area contributed by atoms with Crippen LogP contribution in [0.15, 0.2) is 36.5 Å². The second-order valence-electron chi connectivity index (χ2n) is 4.15. The van der Waals surface area contributed by atoms with Gasteiger partial charge in [-0.25, -0.2) is 4.39 Å². The van der Waals surface area contributed by atoms with Crippen molar-refractivity contribution in [2.24, 2.45) is 5.92 Å². The highest BCUT2D eigenvalue weighted by atomic mass is 19.1. The van der Waals surface area contributed by atoms with E-state index >= 15 is 0 Å². The van der Waals surface area contributed by atoms with Gasteiger partial charge in [-0.3, -0.25) is 9.59 Å². The van der Waals surface area contributed by atoms with Gasteiger partial charge in [0.2, 0.25) is 11.8 Å². The van der Waals surface area contributed by atoms with Gasteiger partial charge < -0.3 is 10.6 Å². The summed E-state index contributed by atoms with van der Waals surface area (Å²) in [4.78, 5) is 23.5. The third kappa shape index (κ3) is 2.56. The number of amides is 2. The Morgan fingerprint density at radius 2 is 2.17 bits per heavy atom. The molecule has 5 heteroatoms. The number of allylic oxidation sites excluding steroid dienone is 1. The summed E-state index contributed by atoms with van der Waals surface area (Å²) in [5.74, 6) is -2.20. The Labute approximate surface area is 104 Å². The number of hydrogen-bond donors (Lipinski definition) is 2. The van der Waals surface area contributed by atoms with Gasteiger partial charge in [-0.15, -0.1) is 0 Å². The molecule has 1 unspecified atom stereocenters. The zero-order valence-corrected chi connectivity index (χ0v) is 9.70. The summed E-state index contributed by atoms with van der Waals surface area (Å²) in [6.07, 6.45) is 0.950. The first-order valence-electron chi connectivity index (χ1n) is 5.62. The van der Waals surface area contributed by atoms with Crippen molar-refractivity contribution in [3.63, 3.8) is 0 Å². The molecule has 0 saturated carbocycles. The van der Waals surface area contributed by atoms with Crippen LogP contribution in [0.25, 0.3) is 0 Å². The molecule has 18 heavy (non-hydrogen) atoms. The molecule has 1 aliphatic rings. The number of halogens is 1. The van der Waals surface area contributed by atoms with Crippen LogP contribution in [0.2, 0.25) is 0 Å². The van der Waals surface area contributed by atoms with E-state index in [4.69, 9.17) is 0 Å². The van der Waals surface area contributed by atoms with Crippen molar-refractivity contribution in [1.82, 2.24) is 5.32 Å². The van der Waals surface area contributed by atoms with Crippen LogP contribution in [-0.4, -0.2) is 11.8 Å². The monoisotopic (exact) mass is 248 g/mol. The van der Waals surface area contributed by atoms with Gasteiger partial charge in [0.1, 0.15) is 11.7 Å². The Bertz CT molecular complexity index is 513. The molecular weight excluding hydrogens is 235 g/mol. The lowest BCUT2D eigenvalue weighted by atomic mass is 9.96. The molecule has 1 aromatic rings. The van der Waals surface area contributed by atoms with E-state index in [2.05, 4.69) is 17.2 Å². The number of para-hydroxylation sites is 1. The molecule has 0 bridgehead atoms. The minimum atomic E-state index is -0.796. The molecule has 4 nitrogen and oxygen atoms in total. The highest BCUT2D eigenvalue weighted by molar-refractivity contribution is 6.07. The summed E-state index contributed by atoms with van der Waals surface area (Å²) in [6, 6.07) is 5.84. The Morgan fingerprint density at radius 3 is 2.83 bits per heavy atom. The molecule has 1 saturated heterocycles. The number of nitrogens with one attached hydrogen (secondary N) is 2. The maximum Gasteiger partial charge on any atom is 0.237 e. The highest BCUT2D eigenvalue weighted by Crippen LogP contribution is 2.20. The van der Waals surface area contributed by atoms with Crippen LogP contribution in [-0.2, 0) is 9.59 Å². The van der Waals surface area contributed by atoms with Gasteiger partial charge in [0.25, 0.3) is 0 Å². The van der Waals surface area contributed by atoms with Crippen molar-refractivity contribution in [2.75, 3.05) is 5.32 Å². The number of benzene rings is 1. The first kappa shape index (κ1) is 12.3. The van der Waals surface area contributed by atoms with E-state index in [1.165, 1.54) is 18.2 Å². The minimum Gasteiger partial charge on any atom is -0.330 e. The summed E-state index contributed by atoms with van der Waals surface area (Å²) in [5, 5.41) is 4.94. The zero-order chi connectivity index (χ0) is 13.1. The lowest BCUT2D eigenvalue weighted by Gasteiger charge is -2.22.